The lowest BCUT2D eigenvalue weighted by atomic mass is 10.1. The van der Waals surface area contributed by atoms with Crippen molar-refractivity contribution in [1.29, 1.82) is 0 Å². The van der Waals surface area contributed by atoms with Crippen LogP contribution in [0.5, 0.6) is 0 Å². The van der Waals surface area contributed by atoms with Crippen molar-refractivity contribution < 1.29 is 14.3 Å². The Kier molecular flexibility index (Phi) is 5.10. The van der Waals surface area contributed by atoms with Crippen molar-refractivity contribution in [3.8, 4) is 0 Å². The molecule has 0 saturated carbocycles. The zero-order valence-electron chi connectivity index (χ0n) is 10.2. The van der Waals surface area contributed by atoms with Crippen molar-refractivity contribution >= 4 is 5.97 Å². The second kappa shape index (κ2) is 6.35. The summed E-state index contributed by atoms with van der Waals surface area (Å²) < 4.78 is 13.0. The summed E-state index contributed by atoms with van der Waals surface area (Å²) in [5.74, 6) is -1.02. The molecule has 0 heterocycles. The molecule has 0 spiro atoms. The van der Waals surface area contributed by atoms with Gasteiger partial charge in [0.25, 0.3) is 0 Å². The van der Waals surface area contributed by atoms with E-state index < -0.39 is 5.97 Å². The van der Waals surface area contributed by atoms with E-state index in [4.69, 9.17) is 5.11 Å². The Morgan fingerprint density at radius 2 is 2.24 bits per heavy atom. The molecule has 17 heavy (non-hydrogen) atoms. The molecule has 1 aromatic carbocycles. The summed E-state index contributed by atoms with van der Waals surface area (Å²) in [6.07, 6.45) is 0.760. The number of hydrogen-bond donors (Lipinski definition) is 1. The first-order chi connectivity index (χ1) is 7.99. The number of carbonyl (C=O) groups is 1. The average molecular weight is 239 g/mol. The van der Waals surface area contributed by atoms with Crippen LogP contribution >= 0.6 is 0 Å². The molecule has 1 N–H and O–H groups in total. The number of carboxylic acid groups (broad SMARTS) is 1. The first-order valence-corrected chi connectivity index (χ1v) is 5.65. The van der Waals surface area contributed by atoms with Crippen LogP contribution in [0.4, 0.5) is 4.39 Å². The minimum Gasteiger partial charge on any atom is -0.481 e. The van der Waals surface area contributed by atoms with E-state index in [0.717, 1.165) is 5.56 Å². The van der Waals surface area contributed by atoms with Crippen LogP contribution in [0.3, 0.4) is 0 Å². The molecule has 0 fully saturated rings. The molecular formula is C13H18FNO2. The van der Waals surface area contributed by atoms with Gasteiger partial charge in [-0.1, -0.05) is 12.1 Å². The molecule has 0 aliphatic rings. The minimum atomic E-state index is -0.781. The van der Waals surface area contributed by atoms with Gasteiger partial charge in [-0.2, -0.15) is 0 Å². The van der Waals surface area contributed by atoms with Gasteiger partial charge in [-0.3, -0.25) is 9.69 Å². The molecule has 0 aliphatic heterocycles. The van der Waals surface area contributed by atoms with Gasteiger partial charge in [0.05, 0.1) is 0 Å². The van der Waals surface area contributed by atoms with Gasteiger partial charge >= 0.3 is 5.97 Å². The molecular weight excluding hydrogens is 221 g/mol. The molecule has 0 amide bonds. The third-order valence-electron chi connectivity index (χ3n) is 2.85. The Bertz CT molecular complexity index is 381. The second-order valence-corrected chi connectivity index (χ2v) is 4.33. The molecule has 0 saturated heterocycles. The van der Waals surface area contributed by atoms with Crippen molar-refractivity contribution in [1.82, 2.24) is 4.90 Å². The molecule has 1 atom stereocenters. The number of aliphatic carboxylic acids is 1. The van der Waals surface area contributed by atoms with Crippen LogP contribution in [0.15, 0.2) is 24.3 Å². The Labute approximate surface area is 101 Å². The zero-order valence-corrected chi connectivity index (χ0v) is 10.2. The second-order valence-electron chi connectivity index (χ2n) is 4.33. The van der Waals surface area contributed by atoms with E-state index in [2.05, 4.69) is 0 Å². The number of halogens is 1. The van der Waals surface area contributed by atoms with Crippen LogP contribution in [0.25, 0.3) is 0 Å². The lowest BCUT2D eigenvalue weighted by Crippen LogP contribution is -2.29. The van der Waals surface area contributed by atoms with Gasteiger partial charge < -0.3 is 5.11 Å². The zero-order chi connectivity index (χ0) is 12.8. The Morgan fingerprint density at radius 3 is 2.82 bits per heavy atom. The minimum absolute atomic E-state index is 0.161. The number of carboxylic acids is 1. The summed E-state index contributed by atoms with van der Waals surface area (Å²) in [5, 5.41) is 8.60. The lowest BCUT2D eigenvalue weighted by Gasteiger charge is -2.24. The quantitative estimate of drug-likeness (QED) is 0.829. The molecule has 0 bridgehead atoms. The van der Waals surface area contributed by atoms with E-state index in [1.807, 2.05) is 24.9 Å². The molecule has 3 nitrogen and oxygen atoms in total. The average Bonchev–Trinajstić information content (AvgIpc) is 2.25. The van der Waals surface area contributed by atoms with Crippen LogP contribution in [0.1, 0.15) is 25.3 Å². The standard InChI is InChI=1S/C13H18FNO2/c1-10(6-7-13(16)17)15(2)9-11-4-3-5-12(14)8-11/h3-5,8,10H,6-7,9H2,1-2H3,(H,16,17). The Morgan fingerprint density at radius 1 is 1.53 bits per heavy atom. The molecule has 1 rings (SSSR count). The molecule has 94 valence electrons. The van der Waals surface area contributed by atoms with E-state index in [1.165, 1.54) is 12.1 Å². The van der Waals surface area contributed by atoms with Crippen LogP contribution in [-0.4, -0.2) is 29.1 Å². The van der Waals surface area contributed by atoms with Crippen LogP contribution in [-0.2, 0) is 11.3 Å². The van der Waals surface area contributed by atoms with E-state index in [-0.39, 0.29) is 18.3 Å². The smallest absolute Gasteiger partial charge is 0.303 e. The summed E-state index contributed by atoms with van der Waals surface area (Å²) in [6.45, 7) is 2.60. The molecule has 1 aromatic rings. The molecule has 1 unspecified atom stereocenters. The van der Waals surface area contributed by atoms with E-state index >= 15 is 0 Å². The van der Waals surface area contributed by atoms with Crippen molar-refractivity contribution in [2.24, 2.45) is 0 Å². The fraction of sp³-hybridized carbons (Fsp3) is 0.462. The maximum Gasteiger partial charge on any atom is 0.303 e. The summed E-state index contributed by atoms with van der Waals surface area (Å²) in [4.78, 5) is 12.5. The molecule has 0 radical (unpaired) electrons. The SMILES string of the molecule is CC(CCC(=O)O)N(C)Cc1cccc(F)c1. The summed E-state index contributed by atoms with van der Waals surface area (Å²) in [5.41, 5.74) is 0.898. The maximum atomic E-state index is 13.0. The highest BCUT2D eigenvalue weighted by Crippen LogP contribution is 2.11. The predicted octanol–water partition coefficient (Wildman–Crippen LogP) is 2.51. The third kappa shape index (κ3) is 4.95. The van der Waals surface area contributed by atoms with Gasteiger partial charge in [-0.05, 0) is 38.1 Å². The van der Waals surface area contributed by atoms with Crippen LogP contribution in [0, 0.1) is 5.82 Å². The highest BCUT2D eigenvalue weighted by molar-refractivity contribution is 5.66. The number of nitrogens with zero attached hydrogens (tertiary/aromatic N) is 1. The van der Waals surface area contributed by atoms with Gasteiger partial charge in [0.1, 0.15) is 5.82 Å². The largest absolute Gasteiger partial charge is 0.481 e. The first kappa shape index (κ1) is 13.6. The normalized spacial score (nSPS) is 12.7. The molecule has 0 aromatic heterocycles. The summed E-state index contributed by atoms with van der Waals surface area (Å²) in [6, 6.07) is 6.62. The fourth-order valence-corrected chi connectivity index (χ4v) is 1.63. The van der Waals surface area contributed by atoms with Gasteiger partial charge in [-0.15, -0.1) is 0 Å². The van der Waals surface area contributed by atoms with Crippen molar-refractivity contribution in [2.45, 2.75) is 32.4 Å². The fourth-order valence-electron chi connectivity index (χ4n) is 1.63. The first-order valence-electron chi connectivity index (χ1n) is 5.65. The van der Waals surface area contributed by atoms with Crippen LogP contribution in [0.2, 0.25) is 0 Å². The summed E-state index contributed by atoms with van der Waals surface area (Å²) in [7, 11) is 1.91. The third-order valence-corrected chi connectivity index (χ3v) is 2.85. The van der Waals surface area contributed by atoms with E-state index in [0.29, 0.717) is 13.0 Å². The van der Waals surface area contributed by atoms with Gasteiger partial charge in [0.2, 0.25) is 0 Å². The molecule has 0 aliphatic carbocycles. The highest BCUT2D eigenvalue weighted by atomic mass is 19.1. The van der Waals surface area contributed by atoms with E-state index in [9.17, 15) is 9.18 Å². The van der Waals surface area contributed by atoms with Gasteiger partial charge in [0.15, 0.2) is 0 Å². The van der Waals surface area contributed by atoms with E-state index in [1.54, 1.807) is 6.07 Å². The van der Waals surface area contributed by atoms with Crippen LogP contribution < -0.4 is 0 Å². The van der Waals surface area contributed by atoms with Crippen molar-refractivity contribution in [2.75, 3.05) is 7.05 Å². The number of rotatable bonds is 6. The summed E-state index contributed by atoms with van der Waals surface area (Å²) >= 11 is 0. The highest BCUT2D eigenvalue weighted by Gasteiger charge is 2.11. The topological polar surface area (TPSA) is 40.5 Å². The van der Waals surface area contributed by atoms with Gasteiger partial charge in [0, 0.05) is 19.0 Å². The number of benzene rings is 1. The monoisotopic (exact) mass is 239 g/mol. The molecule has 4 heteroatoms. The predicted molar refractivity (Wildman–Crippen MR) is 64.2 cm³/mol. The number of hydrogen-bond acceptors (Lipinski definition) is 2. The van der Waals surface area contributed by atoms with Crippen molar-refractivity contribution in [3.05, 3.63) is 35.6 Å². The van der Waals surface area contributed by atoms with Crippen molar-refractivity contribution in [3.63, 3.8) is 0 Å². The Balaban J connectivity index is 2.48. The lowest BCUT2D eigenvalue weighted by molar-refractivity contribution is -0.137. The van der Waals surface area contributed by atoms with Gasteiger partial charge in [-0.25, -0.2) is 4.39 Å². The maximum absolute atomic E-state index is 13.0. The Hall–Kier alpha value is -1.42.